The maximum Gasteiger partial charge on any atom is 0.225 e. The number of carbonyl (C=O) groups is 1. The van der Waals surface area contributed by atoms with Gasteiger partial charge in [0.2, 0.25) is 5.91 Å². The standard InChI is InChI=1S/C16H19N3OS/c1-10(2)15(19-11(3)8-14(19)20)16-18-13(9-21-16)12-4-6-17-7-5-12/h4-7,9-11,15H,8H2,1-3H3. The third-order valence-corrected chi connectivity index (χ3v) is 4.83. The molecule has 110 valence electrons. The molecule has 1 fully saturated rings. The molecule has 0 bridgehead atoms. The summed E-state index contributed by atoms with van der Waals surface area (Å²) in [5.74, 6) is 0.593. The fourth-order valence-corrected chi connectivity index (χ4v) is 3.92. The normalized spacial score (nSPS) is 19.7. The fraction of sp³-hybridized carbons (Fsp3) is 0.438. The number of thiazole rings is 1. The number of β-lactam (4-membered cyclic amide) rings is 1. The van der Waals surface area contributed by atoms with Crippen molar-refractivity contribution in [1.29, 1.82) is 0 Å². The Kier molecular flexibility index (Phi) is 3.76. The molecule has 2 aromatic rings. The summed E-state index contributed by atoms with van der Waals surface area (Å²) < 4.78 is 0. The van der Waals surface area contributed by atoms with E-state index >= 15 is 0 Å². The van der Waals surface area contributed by atoms with Crippen molar-refractivity contribution in [1.82, 2.24) is 14.9 Å². The first-order valence-electron chi connectivity index (χ1n) is 7.25. The van der Waals surface area contributed by atoms with Crippen molar-refractivity contribution in [2.75, 3.05) is 0 Å². The predicted molar refractivity (Wildman–Crippen MR) is 83.8 cm³/mol. The topological polar surface area (TPSA) is 46.1 Å². The third-order valence-electron chi connectivity index (χ3n) is 3.92. The summed E-state index contributed by atoms with van der Waals surface area (Å²) in [6, 6.07) is 4.32. The van der Waals surface area contributed by atoms with Gasteiger partial charge in [-0.3, -0.25) is 9.78 Å². The van der Waals surface area contributed by atoms with Crippen LogP contribution < -0.4 is 0 Å². The molecule has 0 saturated carbocycles. The highest BCUT2D eigenvalue weighted by atomic mass is 32.1. The van der Waals surface area contributed by atoms with Crippen LogP contribution in [0.1, 0.15) is 38.2 Å². The largest absolute Gasteiger partial charge is 0.330 e. The number of nitrogens with zero attached hydrogens (tertiary/aromatic N) is 3. The van der Waals surface area contributed by atoms with E-state index in [2.05, 4.69) is 31.1 Å². The molecule has 4 nitrogen and oxygen atoms in total. The quantitative estimate of drug-likeness (QED) is 0.812. The molecular formula is C16H19N3OS. The minimum atomic E-state index is 0.0850. The summed E-state index contributed by atoms with van der Waals surface area (Å²) in [5, 5.41) is 3.09. The number of aromatic nitrogens is 2. The lowest BCUT2D eigenvalue weighted by Crippen LogP contribution is -2.53. The Hall–Kier alpha value is -1.75. The molecule has 0 spiro atoms. The van der Waals surface area contributed by atoms with Crippen LogP contribution in [-0.4, -0.2) is 26.8 Å². The summed E-state index contributed by atoms with van der Waals surface area (Å²) in [5.41, 5.74) is 2.03. The van der Waals surface area contributed by atoms with Crippen LogP contribution in [0, 0.1) is 5.92 Å². The van der Waals surface area contributed by atoms with Gasteiger partial charge in [-0.05, 0) is 25.0 Å². The number of pyridine rings is 1. The average molecular weight is 301 g/mol. The zero-order chi connectivity index (χ0) is 15.0. The molecule has 5 heteroatoms. The molecule has 21 heavy (non-hydrogen) atoms. The van der Waals surface area contributed by atoms with Gasteiger partial charge in [-0.1, -0.05) is 13.8 Å². The van der Waals surface area contributed by atoms with Crippen molar-refractivity contribution in [3.8, 4) is 11.3 Å². The van der Waals surface area contributed by atoms with Gasteiger partial charge in [0.25, 0.3) is 0 Å². The number of amides is 1. The Morgan fingerprint density at radius 3 is 2.62 bits per heavy atom. The van der Waals surface area contributed by atoms with Crippen molar-refractivity contribution in [3.05, 3.63) is 34.9 Å². The van der Waals surface area contributed by atoms with Gasteiger partial charge < -0.3 is 4.90 Å². The Labute approximate surface area is 128 Å². The molecule has 0 N–H and O–H groups in total. The Bertz CT molecular complexity index is 638. The molecule has 2 unspecified atom stereocenters. The van der Waals surface area contributed by atoms with E-state index in [0.29, 0.717) is 18.4 Å². The van der Waals surface area contributed by atoms with Crippen molar-refractivity contribution in [2.45, 2.75) is 39.3 Å². The van der Waals surface area contributed by atoms with Gasteiger partial charge in [-0.25, -0.2) is 4.98 Å². The zero-order valence-corrected chi connectivity index (χ0v) is 13.3. The maximum atomic E-state index is 11.9. The van der Waals surface area contributed by atoms with Crippen molar-refractivity contribution < 1.29 is 4.79 Å². The van der Waals surface area contributed by atoms with Crippen LogP contribution >= 0.6 is 11.3 Å². The molecule has 3 rings (SSSR count). The van der Waals surface area contributed by atoms with E-state index in [1.54, 1.807) is 23.7 Å². The highest BCUT2D eigenvalue weighted by molar-refractivity contribution is 7.10. The number of carbonyl (C=O) groups excluding carboxylic acids is 1. The Morgan fingerprint density at radius 2 is 2.05 bits per heavy atom. The monoisotopic (exact) mass is 301 g/mol. The van der Waals surface area contributed by atoms with Gasteiger partial charge >= 0.3 is 0 Å². The van der Waals surface area contributed by atoms with Gasteiger partial charge in [0.05, 0.1) is 11.7 Å². The van der Waals surface area contributed by atoms with Crippen molar-refractivity contribution in [3.63, 3.8) is 0 Å². The lowest BCUT2D eigenvalue weighted by atomic mass is 9.94. The van der Waals surface area contributed by atoms with E-state index in [4.69, 9.17) is 4.98 Å². The summed E-state index contributed by atoms with van der Waals surface area (Å²) in [6.07, 6.45) is 4.20. The van der Waals surface area contributed by atoms with E-state index in [1.807, 2.05) is 17.0 Å². The van der Waals surface area contributed by atoms with Crippen molar-refractivity contribution in [2.24, 2.45) is 5.92 Å². The minimum absolute atomic E-state index is 0.0850. The van der Waals surface area contributed by atoms with Crippen LogP contribution in [0.15, 0.2) is 29.9 Å². The molecule has 0 radical (unpaired) electrons. The van der Waals surface area contributed by atoms with Crippen LogP contribution in [0.25, 0.3) is 11.3 Å². The van der Waals surface area contributed by atoms with Gasteiger partial charge in [0, 0.05) is 35.8 Å². The molecule has 1 aliphatic heterocycles. The van der Waals surface area contributed by atoms with Crippen LogP contribution in [0.3, 0.4) is 0 Å². The zero-order valence-electron chi connectivity index (χ0n) is 12.5. The number of hydrogen-bond donors (Lipinski definition) is 0. The number of likely N-dealkylation sites (tertiary alicyclic amines) is 1. The van der Waals surface area contributed by atoms with Crippen LogP contribution in [0.4, 0.5) is 0 Å². The van der Waals surface area contributed by atoms with E-state index < -0.39 is 0 Å². The fourth-order valence-electron chi connectivity index (χ4n) is 2.82. The van der Waals surface area contributed by atoms with Gasteiger partial charge in [0.1, 0.15) is 5.01 Å². The molecular weight excluding hydrogens is 282 g/mol. The number of rotatable bonds is 4. The third kappa shape index (κ3) is 2.58. The lowest BCUT2D eigenvalue weighted by Gasteiger charge is -2.44. The molecule has 1 saturated heterocycles. The van der Waals surface area contributed by atoms with Crippen LogP contribution in [0.2, 0.25) is 0 Å². The van der Waals surface area contributed by atoms with E-state index in [0.717, 1.165) is 16.3 Å². The highest BCUT2D eigenvalue weighted by Crippen LogP contribution is 2.38. The molecule has 2 atom stereocenters. The first kappa shape index (κ1) is 14.2. The van der Waals surface area contributed by atoms with Crippen molar-refractivity contribution >= 4 is 17.2 Å². The van der Waals surface area contributed by atoms with Gasteiger partial charge in [-0.15, -0.1) is 11.3 Å². The molecule has 3 heterocycles. The minimum Gasteiger partial charge on any atom is -0.330 e. The second kappa shape index (κ2) is 5.56. The molecule has 0 aliphatic carbocycles. The summed E-state index contributed by atoms with van der Waals surface area (Å²) >= 11 is 1.64. The summed E-state index contributed by atoms with van der Waals surface area (Å²) in [4.78, 5) is 22.7. The Balaban J connectivity index is 1.91. The highest BCUT2D eigenvalue weighted by Gasteiger charge is 2.41. The van der Waals surface area contributed by atoms with E-state index in [-0.39, 0.29) is 11.9 Å². The summed E-state index contributed by atoms with van der Waals surface area (Å²) in [6.45, 7) is 6.40. The second-order valence-electron chi connectivity index (χ2n) is 5.85. The first-order valence-corrected chi connectivity index (χ1v) is 8.13. The number of hydrogen-bond acceptors (Lipinski definition) is 4. The molecule has 1 amide bonds. The SMILES string of the molecule is CC(C)C(c1nc(-c2ccncc2)cs1)N1C(=O)CC1C. The lowest BCUT2D eigenvalue weighted by molar-refractivity contribution is -0.150. The van der Waals surface area contributed by atoms with E-state index in [9.17, 15) is 4.79 Å². The first-order chi connectivity index (χ1) is 10.1. The molecule has 0 aromatic carbocycles. The predicted octanol–water partition coefficient (Wildman–Crippen LogP) is 3.52. The smallest absolute Gasteiger partial charge is 0.225 e. The van der Waals surface area contributed by atoms with E-state index in [1.165, 1.54) is 0 Å². The van der Waals surface area contributed by atoms with Gasteiger partial charge in [-0.2, -0.15) is 0 Å². The average Bonchev–Trinajstić information content (AvgIpc) is 2.94. The molecule has 1 aliphatic rings. The summed E-state index contributed by atoms with van der Waals surface area (Å²) in [7, 11) is 0. The second-order valence-corrected chi connectivity index (χ2v) is 6.74. The maximum absolute atomic E-state index is 11.9. The van der Waals surface area contributed by atoms with Crippen LogP contribution in [0.5, 0.6) is 0 Å². The Morgan fingerprint density at radius 1 is 1.33 bits per heavy atom. The molecule has 2 aromatic heterocycles. The van der Waals surface area contributed by atoms with Crippen LogP contribution in [-0.2, 0) is 4.79 Å². The van der Waals surface area contributed by atoms with Gasteiger partial charge in [0.15, 0.2) is 0 Å².